The number of rotatable bonds is 3. The van der Waals surface area contributed by atoms with Crippen molar-refractivity contribution < 1.29 is 8.78 Å². The second kappa shape index (κ2) is 5.28. The molecule has 0 aliphatic rings. The molecule has 0 radical (unpaired) electrons. The van der Waals surface area contributed by atoms with Gasteiger partial charge in [-0.05, 0) is 19.1 Å². The second-order valence-corrected chi connectivity index (χ2v) is 4.52. The highest BCUT2D eigenvalue weighted by Crippen LogP contribution is 2.29. The van der Waals surface area contributed by atoms with E-state index in [9.17, 15) is 8.78 Å². The van der Waals surface area contributed by atoms with Gasteiger partial charge in [0.15, 0.2) is 0 Å². The number of nitrogens with two attached hydrogens (primary N) is 1. The molecule has 0 fully saturated rings. The van der Waals surface area contributed by atoms with E-state index in [1.54, 1.807) is 13.0 Å². The van der Waals surface area contributed by atoms with Crippen LogP contribution in [-0.2, 0) is 0 Å². The minimum Gasteiger partial charge on any atom is -0.308 e. The van der Waals surface area contributed by atoms with Gasteiger partial charge in [-0.3, -0.25) is 0 Å². The minimum atomic E-state index is -0.626. The zero-order valence-corrected chi connectivity index (χ0v) is 10.3. The molecular weight excluding hydrogens is 258 g/mol. The van der Waals surface area contributed by atoms with Gasteiger partial charge in [0.25, 0.3) is 0 Å². The molecule has 7 heteroatoms. The van der Waals surface area contributed by atoms with Crippen LogP contribution in [0.1, 0.15) is 5.82 Å². The lowest BCUT2D eigenvalue weighted by Gasteiger charge is -2.05. The number of aromatic nitrogens is 2. The average Bonchev–Trinajstić information content (AvgIpc) is 2.32. The van der Waals surface area contributed by atoms with Gasteiger partial charge < -0.3 is 5.43 Å². The van der Waals surface area contributed by atoms with E-state index in [0.29, 0.717) is 16.7 Å². The third-order valence-electron chi connectivity index (χ3n) is 2.07. The first-order valence-corrected chi connectivity index (χ1v) is 5.85. The van der Waals surface area contributed by atoms with Crippen molar-refractivity contribution in [3.05, 3.63) is 41.7 Å². The Bertz CT molecular complexity index is 577. The fourth-order valence-corrected chi connectivity index (χ4v) is 2.20. The smallest absolute Gasteiger partial charge is 0.144 e. The van der Waals surface area contributed by atoms with E-state index in [0.717, 1.165) is 17.8 Å². The predicted octanol–water partition coefficient (Wildman–Crippen LogP) is 2.50. The highest BCUT2D eigenvalue weighted by molar-refractivity contribution is 7.99. The fraction of sp³-hybridized carbons (Fsp3) is 0.0909. The van der Waals surface area contributed by atoms with Crippen molar-refractivity contribution in [1.29, 1.82) is 0 Å². The highest BCUT2D eigenvalue weighted by atomic mass is 32.2. The molecule has 0 bridgehead atoms. The van der Waals surface area contributed by atoms with E-state index in [1.807, 2.05) is 0 Å². The maximum absolute atomic E-state index is 13.5. The van der Waals surface area contributed by atoms with Gasteiger partial charge in [0.05, 0.1) is 0 Å². The van der Waals surface area contributed by atoms with Gasteiger partial charge in [0, 0.05) is 17.0 Å². The number of halogens is 2. The van der Waals surface area contributed by atoms with Gasteiger partial charge >= 0.3 is 0 Å². The summed E-state index contributed by atoms with van der Waals surface area (Å²) >= 11 is 1.08. The quantitative estimate of drug-likeness (QED) is 0.508. The van der Waals surface area contributed by atoms with Crippen LogP contribution < -0.4 is 11.3 Å². The third kappa shape index (κ3) is 2.93. The van der Waals surface area contributed by atoms with Crippen molar-refractivity contribution in [1.82, 2.24) is 9.97 Å². The van der Waals surface area contributed by atoms with Gasteiger partial charge in [0.2, 0.25) is 0 Å². The fourth-order valence-electron chi connectivity index (χ4n) is 1.34. The van der Waals surface area contributed by atoms with Crippen molar-refractivity contribution in [2.45, 2.75) is 16.8 Å². The van der Waals surface area contributed by atoms with Crippen LogP contribution in [0, 0.1) is 18.6 Å². The lowest BCUT2D eigenvalue weighted by Crippen LogP contribution is -2.09. The first-order valence-electron chi connectivity index (χ1n) is 5.03. The summed E-state index contributed by atoms with van der Waals surface area (Å²) in [5, 5.41) is 0.529. The topological polar surface area (TPSA) is 63.8 Å². The standard InChI is InChI=1S/C11H10F2N4S/c1-6-15-10(17-14)5-11(16-6)18-9-3-2-7(12)4-8(9)13/h2-5H,14H2,1H3,(H,15,16,17). The first kappa shape index (κ1) is 12.7. The van der Waals surface area contributed by atoms with Gasteiger partial charge in [-0.2, -0.15) is 0 Å². The average molecular weight is 268 g/mol. The molecule has 18 heavy (non-hydrogen) atoms. The summed E-state index contributed by atoms with van der Waals surface area (Å²) in [6.07, 6.45) is 0. The summed E-state index contributed by atoms with van der Waals surface area (Å²) in [6.45, 7) is 1.70. The maximum atomic E-state index is 13.5. The highest BCUT2D eigenvalue weighted by Gasteiger charge is 2.08. The largest absolute Gasteiger partial charge is 0.308 e. The number of benzene rings is 1. The number of aryl methyl sites for hydroxylation is 1. The molecule has 0 saturated heterocycles. The van der Waals surface area contributed by atoms with Crippen LogP contribution in [0.3, 0.4) is 0 Å². The van der Waals surface area contributed by atoms with Gasteiger partial charge in [-0.1, -0.05) is 11.8 Å². The Labute approximate surface area is 107 Å². The van der Waals surface area contributed by atoms with Crippen LogP contribution in [0.25, 0.3) is 0 Å². The summed E-state index contributed by atoms with van der Waals surface area (Å²) in [7, 11) is 0. The SMILES string of the molecule is Cc1nc(NN)cc(Sc2ccc(F)cc2F)n1. The van der Waals surface area contributed by atoms with Crippen molar-refractivity contribution in [3.8, 4) is 0 Å². The Balaban J connectivity index is 2.30. The van der Waals surface area contributed by atoms with Crippen LogP contribution in [0.4, 0.5) is 14.6 Å². The minimum absolute atomic E-state index is 0.289. The molecule has 1 aromatic carbocycles. The molecule has 0 aliphatic heterocycles. The van der Waals surface area contributed by atoms with E-state index in [1.165, 1.54) is 12.1 Å². The molecule has 0 amide bonds. The van der Waals surface area contributed by atoms with Gasteiger partial charge in [-0.25, -0.2) is 24.6 Å². The Morgan fingerprint density at radius 3 is 2.67 bits per heavy atom. The molecule has 4 nitrogen and oxygen atoms in total. The summed E-state index contributed by atoms with van der Waals surface area (Å²) in [4.78, 5) is 8.44. The molecule has 94 valence electrons. The predicted molar refractivity (Wildman–Crippen MR) is 65.1 cm³/mol. The summed E-state index contributed by atoms with van der Waals surface area (Å²) in [5.74, 6) is 4.97. The molecule has 0 unspecified atom stereocenters. The van der Waals surface area contributed by atoms with E-state index < -0.39 is 11.6 Å². The van der Waals surface area contributed by atoms with E-state index in [2.05, 4.69) is 15.4 Å². The lowest BCUT2D eigenvalue weighted by atomic mass is 10.3. The molecule has 1 aromatic heterocycles. The molecular formula is C11H10F2N4S. The monoisotopic (exact) mass is 268 g/mol. The molecule has 2 aromatic rings. The molecule has 0 atom stereocenters. The van der Waals surface area contributed by atoms with Crippen LogP contribution in [0.2, 0.25) is 0 Å². The molecule has 0 spiro atoms. The molecule has 1 heterocycles. The third-order valence-corrected chi connectivity index (χ3v) is 3.04. The van der Waals surface area contributed by atoms with Crippen molar-refractivity contribution in [2.75, 3.05) is 5.43 Å². The number of hydrogen-bond donors (Lipinski definition) is 2. The van der Waals surface area contributed by atoms with Crippen LogP contribution >= 0.6 is 11.8 Å². The molecule has 3 N–H and O–H groups in total. The number of nitrogens with one attached hydrogen (secondary N) is 1. The Kier molecular flexibility index (Phi) is 3.73. The Morgan fingerprint density at radius 2 is 2.00 bits per heavy atom. The number of hydrazine groups is 1. The number of nitrogen functional groups attached to an aromatic ring is 1. The first-order chi connectivity index (χ1) is 8.58. The zero-order valence-electron chi connectivity index (χ0n) is 9.45. The van der Waals surface area contributed by atoms with E-state index >= 15 is 0 Å². The normalized spacial score (nSPS) is 10.4. The zero-order chi connectivity index (χ0) is 13.1. The number of hydrogen-bond acceptors (Lipinski definition) is 5. The van der Waals surface area contributed by atoms with Gasteiger partial charge in [0.1, 0.15) is 28.3 Å². The van der Waals surface area contributed by atoms with Gasteiger partial charge in [-0.15, -0.1) is 0 Å². The summed E-state index contributed by atoms with van der Waals surface area (Å²) in [6, 6.07) is 4.98. The van der Waals surface area contributed by atoms with Crippen molar-refractivity contribution in [2.24, 2.45) is 5.84 Å². The molecule has 2 rings (SSSR count). The van der Waals surface area contributed by atoms with Crippen LogP contribution in [0.15, 0.2) is 34.2 Å². The van der Waals surface area contributed by atoms with E-state index in [-0.39, 0.29) is 4.90 Å². The van der Waals surface area contributed by atoms with E-state index in [4.69, 9.17) is 5.84 Å². The molecule has 0 saturated carbocycles. The molecule has 0 aliphatic carbocycles. The van der Waals surface area contributed by atoms with Crippen molar-refractivity contribution in [3.63, 3.8) is 0 Å². The van der Waals surface area contributed by atoms with Crippen LogP contribution in [0.5, 0.6) is 0 Å². The summed E-state index contributed by atoms with van der Waals surface area (Å²) in [5.41, 5.74) is 2.40. The Hall–Kier alpha value is -1.73. The number of nitrogens with zero attached hydrogens (tertiary/aromatic N) is 2. The van der Waals surface area contributed by atoms with Crippen LogP contribution in [-0.4, -0.2) is 9.97 Å². The number of anilines is 1. The maximum Gasteiger partial charge on any atom is 0.144 e. The van der Waals surface area contributed by atoms with Crippen molar-refractivity contribution >= 4 is 17.6 Å². The lowest BCUT2D eigenvalue weighted by molar-refractivity contribution is 0.565. The second-order valence-electron chi connectivity index (χ2n) is 3.46. The Morgan fingerprint density at radius 1 is 1.22 bits per heavy atom. The summed E-state index contributed by atoms with van der Waals surface area (Å²) < 4.78 is 26.2.